The van der Waals surface area contributed by atoms with E-state index in [0.717, 1.165) is 29.7 Å². The maximum absolute atomic E-state index is 13.1. The molecule has 1 atom stereocenters. The Kier molecular flexibility index (Phi) is 11.0. The molecule has 0 saturated carbocycles. The predicted molar refractivity (Wildman–Crippen MR) is 123 cm³/mol. The number of rotatable bonds is 11. The largest absolute Gasteiger partial charge is 0.444 e. The monoisotopic (exact) mass is 442 g/mol. The highest BCUT2D eigenvalue weighted by Crippen LogP contribution is 2.23. The zero-order valence-electron chi connectivity index (χ0n) is 19.4. The van der Waals surface area contributed by atoms with Crippen LogP contribution in [0.3, 0.4) is 0 Å². The molecular formula is C24H34N4O4. The Bertz CT molecular complexity index is 839. The van der Waals surface area contributed by atoms with Gasteiger partial charge in [0.15, 0.2) is 0 Å². The summed E-state index contributed by atoms with van der Waals surface area (Å²) in [7, 11) is 0. The predicted octanol–water partition coefficient (Wildman–Crippen LogP) is 3.55. The minimum Gasteiger partial charge on any atom is -0.444 e. The smallest absolute Gasteiger partial charge is 0.408 e. The van der Waals surface area contributed by atoms with Crippen molar-refractivity contribution in [3.8, 4) is 6.07 Å². The van der Waals surface area contributed by atoms with Gasteiger partial charge in [0.1, 0.15) is 24.7 Å². The van der Waals surface area contributed by atoms with Gasteiger partial charge in [-0.2, -0.15) is 5.26 Å². The third-order valence-corrected chi connectivity index (χ3v) is 4.45. The number of nitriles is 1. The van der Waals surface area contributed by atoms with E-state index in [2.05, 4.69) is 24.1 Å². The lowest BCUT2D eigenvalue weighted by Gasteiger charge is -2.30. The number of nitrogens with one attached hydrogen (secondary N) is 2. The van der Waals surface area contributed by atoms with Gasteiger partial charge in [-0.1, -0.05) is 50.6 Å². The normalized spacial score (nSPS) is 11.6. The van der Waals surface area contributed by atoms with Gasteiger partial charge in [-0.3, -0.25) is 9.59 Å². The van der Waals surface area contributed by atoms with Gasteiger partial charge in [-0.15, -0.1) is 0 Å². The second-order valence-corrected chi connectivity index (χ2v) is 8.31. The highest BCUT2D eigenvalue weighted by atomic mass is 16.6. The minimum absolute atomic E-state index is 0.319. The summed E-state index contributed by atoms with van der Waals surface area (Å²) in [6, 6.07) is 7.99. The van der Waals surface area contributed by atoms with Crippen molar-refractivity contribution < 1.29 is 19.1 Å². The van der Waals surface area contributed by atoms with Gasteiger partial charge < -0.3 is 20.3 Å². The lowest BCUT2D eigenvalue weighted by Crippen LogP contribution is -2.48. The average Bonchev–Trinajstić information content (AvgIpc) is 2.73. The fourth-order valence-corrected chi connectivity index (χ4v) is 2.98. The van der Waals surface area contributed by atoms with Crippen LogP contribution < -0.4 is 10.6 Å². The molecule has 0 fully saturated rings. The highest BCUT2D eigenvalue weighted by Gasteiger charge is 2.31. The first-order chi connectivity index (χ1) is 15.1. The van der Waals surface area contributed by atoms with Gasteiger partial charge in [0.25, 0.3) is 0 Å². The SMILES string of the molecule is C=Cc1cccc(C(C(=O)NCCCCC)N(CC#N)C(=O)CNC(=O)OC(C)(C)C)c1. The summed E-state index contributed by atoms with van der Waals surface area (Å²) in [5.74, 6) is -0.960. The van der Waals surface area contributed by atoms with Gasteiger partial charge in [0, 0.05) is 6.54 Å². The molecule has 0 bridgehead atoms. The van der Waals surface area contributed by atoms with Crippen LogP contribution >= 0.6 is 0 Å². The molecule has 1 unspecified atom stereocenters. The molecule has 2 N–H and O–H groups in total. The topological polar surface area (TPSA) is 112 Å². The van der Waals surface area contributed by atoms with Crippen molar-refractivity contribution in [2.45, 2.75) is 58.6 Å². The number of ether oxygens (including phenoxy) is 1. The molecule has 1 aromatic carbocycles. The first-order valence-electron chi connectivity index (χ1n) is 10.8. The number of amides is 3. The van der Waals surface area contributed by atoms with Crippen LogP contribution in [0.25, 0.3) is 6.08 Å². The molecule has 0 aliphatic carbocycles. The van der Waals surface area contributed by atoms with Crippen LogP contribution in [0.15, 0.2) is 30.8 Å². The van der Waals surface area contributed by atoms with Gasteiger partial charge in [0.05, 0.1) is 6.07 Å². The molecule has 32 heavy (non-hydrogen) atoms. The van der Waals surface area contributed by atoms with Crippen molar-refractivity contribution in [2.75, 3.05) is 19.6 Å². The van der Waals surface area contributed by atoms with E-state index in [1.54, 1.807) is 45.0 Å². The fraction of sp³-hybridized carbons (Fsp3) is 0.500. The van der Waals surface area contributed by atoms with Crippen LogP contribution in [0.4, 0.5) is 4.79 Å². The molecule has 0 aromatic heterocycles. The average molecular weight is 443 g/mol. The van der Waals surface area contributed by atoms with Gasteiger partial charge in [-0.25, -0.2) is 4.79 Å². The summed E-state index contributed by atoms with van der Waals surface area (Å²) in [4.78, 5) is 39.2. The van der Waals surface area contributed by atoms with E-state index < -0.39 is 30.2 Å². The summed E-state index contributed by atoms with van der Waals surface area (Å²) in [6.45, 7) is 10.7. The lowest BCUT2D eigenvalue weighted by atomic mass is 10.0. The van der Waals surface area contributed by atoms with Crippen LogP contribution in [0, 0.1) is 11.3 Å². The van der Waals surface area contributed by atoms with Crippen molar-refractivity contribution in [2.24, 2.45) is 0 Å². The zero-order chi connectivity index (χ0) is 24.1. The van der Waals surface area contributed by atoms with Crippen molar-refractivity contribution in [1.82, 2.24) is 15.5 Å². The van der Waals surface area contributed by atoms with Gasteiger partial charge in [-0.05, 0) is 44.4 Å². The van der Waals surface area contributed by atoms with Crippen LogP contribution in [0.5, 0.6) is 0 Å². The molecule has 0 saturated heterocycles. The summed E-state index contributed by atoms with van der Waals surface area (Å²) in [5.41, 5.74) is 0.615. The van der Waals surface area contributed by atoms with E-state index in [4.69, 9.17) is 4.74 Å². The second kappa shape index (κ2) is 13.2. The molecule has 174 valence electrons. The Morgan fingerprint density at radius 3 is 2.56 bits per heavy atom. The Morgan fingerprint density at radius 2 is 1.97 bits per heavy atom. The molecule has 3 amide bonds. The molecule has 8 nitrogen and oxygen atoms in total. The van der Waals surface area contributed by atoms with E-state index in [0.29, 0.717) is 12.1 Å². The molecule has 0 spiro atoms. The van der Waals surface area contributed by atoms with Crippen molar-refractivity contribution in [3.63, 3.8) is 0 Å². The maximum atomic E-state index is 13.1. The molecule has 0 heterocycles. The van der Waals surface area contributed by atoms with E-state index in [1.807, 2.05) is 12.1 Å². The van der Waals surface area contributed by atoms with Crippen LogP contribution in [0.2, 0.25) is 0 Å². The number of nitrogens with zero attached hydrogens (tertiary/aromatic N) is 2. The molecule has 0 aliphatic rings. The van der Waals surface area contributed by atoms with E-state index in [9.17, 15) is 19.6 Å². The standard InChI is InChI=1S/C24H34N4O4/c1-6-8-9-14-26-22(30)21(19-12-10-11-18(7-2)16-19)28(15-13-25)20(29)17-27-23(31)32-24(3,4)5/h7,10-12,16,21H,2,6,8-9,14-15,17H2,1,3-5H3,(H,26,30)(H,27,31). The highest BCUT2D eigenvalue weighted by molar-refractivity contribution is 5.90. The number of unbranched alkanes of at least 4 members (excludes halogenated alkanes) is 2. The van der Waals surface area contributed by atoms with Crippen molar-refractivity contribution in [1.29, 1.82) is 5.26 Å². The molecule has 1 aromatic rings. The molecule has 1 rings (SSSR count). The van der Waals surface area contributed by atoms with Crippen LogP contribution in [0.1, 0.15) is 64.1 Å². The van der Waals surface area contributed by atoms with Gasteiger partial charge in [0.2, 0.25) is 11.8 Å². The number of hydrogen-bond donors (Lipinski definition) is 2. The molecular weight excluding hydrogens is 408 g/mol. The number of alkyl carbamates (subject to hydrolysis) is 1. The fourth-order valence-electron chi connectivity index (χ4n) is 2.98. The first kappa shape index (κ1) is 26.7. The van der Waals surface area contributed by atoms with Crippen molar-refractivity contribution >= 4 is 24.0 Å². The third-order valence-electron chi connectivity index (χ3n) is 4.45. The van der Waals surface area contributed by atoms with Gasteiger partial charge >= 0.3 is 6.09 Å². The summed E-state index contributed by atoms with van der Waals surface area (Å²) >= 11 is 0. The molecule has 8 heteroatoms. The minimum atomic E-state index is -1.02. The maximum Gasteiger partial charge on any atom is 0.408 e. The lowest BCUT2D eigenvalue weighted by molar-refractivity contribution is -0.139. The first-order valence-corrected chi connectivity index (χ1v) is 10.8. The summed E-state index contributed by atoms with van der Waals surface area (Å²) in [6.07, 6.45) is 3.68. The Balaban J connectivity index is 3.12. The number of hydrogen-bond acceptors (Lipinski definition) is 5. The quantitative estimate of drug-likeness (QED) is 0.402. The third kappa shape index (κ3) is 9.21. The Morgan fingerprint density at radius 1 is 1.25 bits per heavy atom. The number of carbonyl (C=O) groups is 3. The summed E-state index contributed by atoms with van der Waals surface area (Å²) < 4.78 is 5.15. The van der Waals surface area contributed by atoms with Crippen LogP contribution in [-0.2, 0) is 14.3 Å². The van der Waals surface area contributed by atoms with E-state index >= 15 is 0 Å². The summed E-state index contributed by atoms with van der Waals surface area (Å²) in [5, 5.41) is 14.6. The van der Waals surface area contributed by atoms with E-state index in [-0.39, 0.29) is 12.5 Å². The number of carbonyl (C=O) groups excluding carboxylic acids is 3. The Labute approximate surface area is 190 Å². The molecule has 0 aliphatic heterocycles. The van der Waals surface area contributed by atoms with E-state index in [1.165, 1.54) is 0 Å². The Hall–Kier alpha value is -3.34. The van der Waals surface area contributed by atoms with Crippen molar-refractivity contribution in [3.05, 3.63) is 42.0 Å². The zero-order valence-corrected chi connectivity index (χ0v) is 19.4. The second-order valence-electron chi connectivity index (χ2n) is 8.31. The molecule has 0 radical (unpaired) electrons. The van der Waals surface area contributed by atoms with Crippen LogP contribution in [-0.4, -0.2) is 48.0 Å². The number of benzene rings is 1.